The lowest BCUT2D eigenvalue weighted by atomic mass is 9.92. The van der Waals surface area contributed by atoms with Gasteiger partial charge in [-0.3, -0.25) is 9.69 Å². The second kappa shape index (κ2) is 9.56. The first-order valence-corrected chi connectivity index (χ1v) is 7.33. The number of hydrogen-bond acceptors (Lipinski definition) is 3. The van der Waals surface area contributed by atoms with Crippen molar-refractivity contribution in [2.75, 3.05) is 26.2 Å². The predicted molar refractivity (Wildman–Crippen MR) is 82.8 cm³/mol. The highest BCUT2D eigenvalue weighted by atomic mass is 35.5. The van der Waals surface area contributed by atoms with Crippen molar-refractivity contribution in [1.29, 1.82) is 0 Å². The molecule has 4 nitrogen and oxygen atoms in total. The van der Waals surface area contributed by atoms with Gasteiger partial charge in [-0.2, -0.15) is 0 Å². The molecular formula is C14H30ClN3O. The Hall–Kier alpha value is -0.320. The molecule has 2 N–H and O–H groups in total. The fourth-order valence-electron chi connectivity index (χ4n) is 2.74. The maximum absolute atomic E-state index is 12.1. The lowest BCUT2D eigenvalue weighted by Crippen LogP contribution is -2.46. The number of nitrogens with zero attached hydrogens (tertiary/aromatic N) is 1. The van der Waals surface area contributed by atoms with Gasteiger partial charge in [0.25, 0.3) is 0 Å². The van der Waals surface area contributed by atoms with Crippen LogP contribution in [0.25, 0.3) is 0 Å². The SMILES string of the molecule is CCN(CC)C(C)CNC(=O)[C@H]1CCN[C@@H](C)C1.Cl. The van der Waals surface area contributed by atoms with Gasteiger partial charge < -0.3 is 10.6 Å². The van der Waals surface area contributed by atoms with Crippen LogP contribution in [0.5, 0.6) is 0 Å². The Morgan fingerprint density at radius 1 is 1.42 bits per heavy atom. The van der Waals surface area contributed by atoms with Crippen LogP contribution in [-0.2, 0) is 4.79 Å². The molecular weight excluding hydrogens is 262 g/mol. The van der Waals surface area contributed by atoms with Crippen LogP contribution >= 0.6 is 12.4 Å². The average molecular weight is 292 g/mol. The third-order valence-corrected chi connectivity index (χ3v) is 4.00. The Morgan fingerprint density at radius 2 is 2.05 bits per heavy atom. The van der Waals surface area contributed by atoms with Crippen molar-refractivity contribution in [3.05, 3.63) is 0 Å². The number of carbonyl (C=O) groups excluding carboxylic acids is 1. The monoisotopic (exact) mass is 291 g/mol. The first-order valence-electron chi connectivity index (χ1n) is 7.33. The fourth-order valence-corrected chi connectivity index (χ4v) is 2.74. The van der Waals surface area contributed by atoms with E-state index in [1.54, 1.807) is 0 Å². The van der Waals surface area contributed by atoms with E-state index in [1.165, 1.54) is 0 Å². The second-order valence-corrected chi connectivity index (χ2v) is 5.39. The van der Waals surface area contributed by atoms with Crippen LogP contribution in [0.1, 0.15) is 40.5 Å². The van der Waals surface area contributed by atoms with Crippen molar-refractivity contribution in [2.24, 2.45) is 5.92 Å². The molecule has 1 fully saturated rings. The van der Waals surface area contributed by atoms with Gasteiger partial charge in [-0.05, 0) is 46.3 Å². The van der Waals surface area contributed by atoms with E-state index in [0.29, 0.717) is 12.1 Å². The van der Waals surface area contributed by atoms with E-state index in [2.05, 4.69) is 43.2 Å². The Labute approximate surface area is 124 Å². The summed E-state index contributed by atoms with van der Waals surface area (Å²) >= 11 is 0. The van der Waals surface area contributed by atoms with Crippen LogP contribution in [0, 0.1) is 5.92 Å². The average Bonchev–Trinajstić information content (AvgIpc) is 2.37. The largest absolute Gasteiger partial charge is 0.354 e. The van der Waals surface area contributed by atoms with E-state index in [1.807, 2.05) is 0 Å². The number of hydrogen-bond donors (Lipinski definition) is 2. The van der Waals surface area contributed by atoms with Crippen molar-refractivity contribution >= 4 is 18.3 Å². The fraction of sp³-hybridized carbons (Fsp3) is 0.929. The minimum Gasteiger partial charge on any atom is -0.354 e. The molecule has 114 valence electrons. The summed E-state index contributed by atoms with van der Waals surface area (Å²) in [5, 5.41) is 6.49. The van der Waals surface area contributed by atoms with Crippen LogP contribution in [-0.4, -0.2) is 49.1 Å². The molecule has 0 aliphatic carbocycles. The first-order chi connectivity index (χ1) is 8.58. The smallest absolute Gasteiger partial charge is 0.223 e. The van der Waals surface area contributed by atoms with Gasteiger partial charge in [0.1, 0.15) is 0 Å². The molecule has 0 aromatic rings. The normalized spacial score (nSPS) is 24.7. The minimum atomic E-state index is 0. The molecule has 0 bridgehead atoms. The van der Waals surface area contributed by atoms with E-state index < -0.39 is 0 Å². The Bertz CT molecular complexity index is 259. The summed E-state index contributed by atoms with van der Waals surface area (Å²) in [5.74, 6) is 0.438. The third-order valence-electron chi connectivity index (χ3n) is 4.00. The van der Waals surface area contributed by atoms with Gasteiger partial charge in [0, 0.05) is 24.5 Å². The lowest BCUT2D eigenvalue weighted by Gasteiger charge is -2.29. The zero-order chi connectivity index (χ0) is 13.5. The Morgan fingerprint density at radius 3 is 2.58 bits per heavy atom. The van der Waals surface area contributed by atoms with E-state index in [4.69, 9.17) is 0 Å². The number of nitrogens with one attached hydrogen (secondary N) is 2. The van der Waals surface area contributed by atoms with Crippen molar-refractivity contribution in [3.8, 4) is 0 Å². The highest BCUT2D eigenvalue weighted by Gasteiger charge is 2.24. The van der Waals surface area contributed by atoms with Crippen molar-refractivity contribution in [3.63, 3.8) is 0 Å². The highest BCUT2D eigenvalue weighted by Crippen LogP contribution is 2.15. The summed E-state index contributed by atoms with van der Waals surface area (Å²) in [4.78, 5) is 14.5. The van der Waals surface area contributed by atoms with Gasteiger partial charge in [0.05, 0.1) is 0 Å². The Kier molecular flexibility index (Phi) is 9.40. The molecule has 1 aliphatic heterocycles. The molecule has 1 heterocycles. The molecule has 1 unspecified atom stereocenters. The number of halogens is 1. The molecule has 0 radical (unpaired) electrons. The molecule has 5 heteroatoms. The molecule has 1 aliphatic rings. The number of piperidine rings is 1. The lowest BCUT2D eigenvalue weighted by molar-refractivity contribution is -0.126. The summed E-state index contributed by atoms with van der Waals surface area (Å²) in [7, 11) is 0. The van der Waals surface area contributed by atoms with Crippen molar-refractivity contribution in [2.45, 2.75) is 52.6 Å². The van der Waals surface area contributed by atoms with E-state index >= 15 is 0 Å². The van der Waals surface area contributed by atoms with Crippen LogP contribution in [0.3, 0.4) is 0 Å². The van der Waals surface area contributed by atoms with Gasteiger partial charge >= 0.3 is 0 Å². The molecule has 0 aromatic carbocycles. The zero-order valence-electron chi connectivity index (χ0n) is 12.7. The molecule has 19 heavy (non-hydrogen) atoms. The van der Waals surface area contributed by atoms with E-state index in [0.717, 1.165) is 39.0 Å². The number of likely N-dealkylation sites (N-methyl/N-ethyl adjacent to an activating group) is 1. The van der Waals surface area contributed by atoms with Crippen LogP contribution in [0.15, 0.2) is 0 Å². The molecule has 1 rings (SSSR count). The van der Waals surface area contributed by atoms with Gasteiger partial charge in [0.15, 0.2) is 0 Å². The predicted octanol–water partition coefficient (Wildman–Crippen LogP) is 1.64. The number of carbonyl (C=O) groups is 1. The van der Waals surface area contributed by atoms with E-state index in [9.17, 15) is 4.79 Å². The zero-order valence-corrected chi connectivity index (χ0v) is 13.6. The molecule has 0 spiro atoms. The summed E-state index contributed by atoms with van der Waals surface area (Å²) in [6.45, 7) is 12.5. The number of rotatable bonds is 6. The quantitative estimate of drug-likeness (QED) is 0.782. The molecule has 1 amide bonds. The van der Waals surface area contributed by atoms with E-state index in [-0.39, 0.29) is 24.2 Å². The Balaban J connectivity index is 0.00000324. The summed E-state index contributed by atoms with van der Waals surface area (Å²) in [6.07, 6.45) is 1.93. The standard InChI is InChI=1S/C14H29N3O.ClH/c1-5-17(6-2)12(4)10-16-14(18)13-7-8-15-11(3)9-13;/h11-13,15H,5-10H2,1-4H3,(H,16,18);1H/t11-,12?,13-;/m0./s1. The van der Waals surface area contributed by atoms with Gasteiger partial charge in [-0.15, -0.1) is 12.4 Å². The van der Waals surface area contributed by atoms with Crippen molar-refractivity contribution < 1.29 is 4.79 Å². The molecule has 1 saturated heterocycles. The van der Waals surface area contributed by atoms with Crippen molar-refractivity contribution in [1.82, 2.24) is 15.5 Å². The van der Waals surface area contributed by atoms with Gasteiger partial charge in [-0.1, -0.05) is 13.8 Å². The third kappa shape index (κ3) is 6.11. The minimum absolute atomic E-state index is 0. The van der Waals surface area contributed by atoms with Crippen LogP contribution in [0.2, 0.25) is 0 Å². The number of amides is 1. The molecule has 0 aromatic heterocycles. The summed E-state index contributed by atoms with van der Waals surface area (Å²) < 4.78 is 0. The topological polar surface area (TPSA) is 44.4 Å². The summed E-state index contributed by atoms with van der Waals surface area (Å²) in [5.41, 5.74) is 0. The summed E-state index contributed by atoms with van der Waals surface area (Å²) in [6, 6.07) is 0.887. The molecule has 0 saturated carbocycles. The van der Waals surface area contributed by atoms with Crippen LogP contribution in [0.4, 0.5) is 0 Å². The van der Waals surface area contributed by atoms with Gasteiger partial charge in [0.2, 0.25) is 5.91 Å². The maximum atomic E-state index is 12.1. The first kappa shape index (κ1) is 18.7. The maximum Gasteiger partial charge on any atom is 0.223 e. The van der Waals surface area contributed by atoms with Crippen LogP contribution < -0.4 is 10.6 Å². The highest BCUT2D eigenvalue weighted by molar-refractivity contribution is 5.85. The molecule has 3 atom stereocenters. The van der Waals surface area contributed by atoms with Gasteiger partial charge in [-0.25, -0.2) is 0 Å². The second-order valence-electron chi connectivity index (χ2n) is 5.39.